The van der Waals surface area contributed by atoms with E-state index in [4.69, 9.17) is 0 Å². The summed E-state index contributed by atoms with van der Waals surface area (Å²) >= 11 is 0. The molecule has 0 aromatic carbocycles. The number of hydrogen-bond acceptors (Lipinski definition) is 2. The molecular formula is C19H38IN3OS. The Bertz CT molecular complexity index is 450. The molecule has 3 atom stereocenters. The molecule has 2 fully saturated rings. The van der Waals surface area contributed by atoms with E-state index in [9.17, 15) is 4.21 Å². The summed E-state index contributed by atoms with van der Waals surface area (Å²) in [7, 11) is 1.18. The van der Waals surface area contributed by atoms with Gasteiger partial charge in [0.15, 0.2) is 5.96 Å². The Balaban J connectivity index is 0.00000312. The van der Waals surface area contributed by atoms with E-state index in [0.717, 1.165) is 43.4 Å². The lowest BCUT2D eigenvalue weighted by Gasteiger charge is -2.34. The molecule has 0 aromatic heterocycles. The Hall–Kier alpha value is 0.150. The van der Waals surface area contributed by atoms with Gasteiger partial charge >= 0.3 is 0 Å². The van der Waals surface area contributed by atoms with E-state index in [-0.39, 0.29) is 24.0 Å². The van der Waals surface area contributed by atoms with Crippen LogP contribution in [0.4, 0.5) is 0 Å². The number of guanidine groups is 1. The fraction of sp³-hybridized carbons (Fsp3) is 0.947. The van der Waals surface area contributed by atoms with Crippen molar-refractivity contribution < 1.29 is 4.21 Å². The standard InChI is InChI=1S/C19H37N3OS.HI/c1-5-24(23)17-12-8-11-16(13-17)22-18(20-4)21-14-19(2,3)15-9-6-7-10-15;/h15-17H,5-14H2,1-4H3,(H2,20,21,22);1H. The minimum absolute atomic E-state index is 0. The maximum atomic E-state index is 12.1. The fourth-order valence-electron chi connectivity index (χ4n) is 4.30. The second-order valence-electron chi connectivity index (χ2n) is 8.20. The predicted molar refractivity (Wildman–Crippen MR) is 120 cm³/mol. The van der Waals surface area contributed by atoms with Crippen molar-refractivity contribution in [3.63, 3.8) is 0 Å². The number of nitrogens with one attached hydrogen (secondary N) is 2. The Labute approximate surface area is 174 Å². The van der Waals surface area contributed by atoms with Crippen molar-refractivity contribution >= 4 is 40.7 Å². The van der Waals surface area contributed by atoms with E-state index in [1.165, 1.54) is 32.1 Å². The maximum absolute atomic E-state index is 12.1. The van der Waals surface area contributed by atoms with Gasteiger partial charge in [0.05, 0.1) is 0 Å². The molecule has 0 aromatic rings. The van der Waals surface area contributed by atoms with Crippen LogP contribution in [0.1, 0.15) is 72.1 Å². The lowest BCUT2D eigenvalue weighted by atomic mass is 9.78. The summed E-state index contributed by atoms with van der Waals surface area (Å²) in [5.74, 6) is 2.52. The van der Waals surface area contributed by atoms with Crippen LogP contribution in [-0.2, 0) is 10.8 Å². The van der Waals surface area contributed by atoms with Crippen LogP contribution in [0.5, 0.6) is 0 Å². The average Bonchev–Trinajstić information content (AvgIpc) is 3.13. The van der Waals surface area contributed by atoms with Crippen molar-refractivity contribution in [3.05, 3.63) is 0 Å². The quantitative estimate of drug-likeness (QED) is 0.340. The number of halogens is 1. The third-order valence-electron chi connectivity index (χ3n) is 6.02. The second-order valence-corrected chi connectivity index (χ2v) is 10.2. The highest BCUT2D eigenvalue weighted by Crippen LogP contribution is 2.39. The molecule has 2 saturated carbocycles. The molecule has 2 rings (SSSR count). The molecule has 0 aliphatic heterocycles. The Morgan fingerprint density at radius 3 is 2.44 bits per heavy atom. The van der Waals surface area contributed by atoms with Crippen LogP contribution in [0, 0.1) is 11.3 Å². The molecule has 4 nitrogen and oxygen atoms in total. The van der Waals surface area contributed by atoms with Crippen LogP contribution >= 0.6 is 24.0 Å². The van der Waals surface area contributed by atoms with Crippen LogP contribution in [0.25, 0.3) is 0 Å². The van der Waals surface area contributed by atoms with Gasteiger partial charge in [-0.2, -0.15) is 0 Å². The summed E-state index contributed by atoms with van der Waals surface area (Å²) < 4.78 is 12.1. The van der Waals surface area contributed by atoms with Crippen molar-refractivity contribution in [1.82, 2.24) is 10.6 Å². The van der Waals surface area contributed by atoms with Gasteiger partial charge in [0.2, 0.25) is 0 Å². The first-order valence-electron chi connectivity index (χ1n) is 9.80. The van der Waals surface area contributed by atoms with Gasteiger partial charge in [-0.05, 0) is 43.4 Å². The zero-order chi connectivity index (χ0) is 17.6. The summed E-state index contributed by atoms with van der Waals surface area (Å²) in [4.78, 5) is 4.42. The highest BCUT2D eigenvalue weighted by atomic mass is 127. The van der Waals surface area contributed by atoms with Crippen molar-refractivity contribution in [1.29, 1.82) is 0 Å². The summed E-state index contributed by atoms with van der Waals surface area (Å²) in [6.45, 7) is 7.75. The van der Waals surface area contributed by atoms with Gasteiger partial charge in [-0.3, -0.25) is 9.20 Å². The second kappa shape index (κ2) is 11.1. The SMILES string of the molecule is CCS(=O)C1CCCC(NC(=NC)NCC(C)(C)C2CCCC2)C1.I. The van der Waals surface area contributed by atoms with E-state index in [0.29, 0.717) is 16.7 Å². The number of hydrogen-bond donors (Lipinski definition) is 2. The largest absolute Gasteiger partial charge is 0.356 e. The molecule has 2 aliphatic carbocycles. The normalized spacial score (nSPS) is 26.8. The van der Waals surface area contributed by atoms with Crippen LogP contribution in [-0.4, -0.2) is 40.8 Å². The average molecular weight is 484 g/mol. The molecule has 0 saturated heterocycles. The molecule has 0 bridgehead atoms. The third-order valence-corrected chi connectivity index (χ3v) is 7.76. The number of rotatable bonds is 6. The summed E-state index contributed by atoms with van der Waals surface area (Å²) in [6.07, 6.45) is 9.95. The van der Waals surface area contributed by atoms with Crippen molar-refractivity contribution in [3.8, 4) is 0 Å². The first kappa shape index (κ1) is 23.2. The fourth-order valence-corrected chi connectivity index (χ4v) is 5.65. The minimum atomic E-state index is -0.671. The van der Waals surface area contributed by atoms with Gasteiger partial charge in [-0.15, -0.1) is 24.0 Å². The summed E-state index contributed by atoms with van der Waals surface area (Å²) in [6, 6.07) is 0.403. The Morgan fingerprint density at radius 1 is 1.16 bits per heavy atom. The smallest absolute Gasteiger partial charge is 0.191 e. The zero-order valence-corrected chi connectivity index (χ0v) is 19.6. The molecular weight excluding hydrogens is 445 g/mol. The first-order valence-corrected chi connectivity index (χ1v) is 11.2. The van der Waals surface area contributed by atoms with Gasteiger partial charge in [-0.1, -0.05) is 40.0 Å². The van der Waals surface area contributed by atoms with E-state index in [2.05, 4.69) is 29.5 Å². The van der Waals surface area contributed by atoms with Crippen LogP contribution in [0.3, 0.4) is 0 Å². The van der Waals surface area contributed by atoms with E-state index >= 15 is 0 Å². The molecule has 0 spiro atoms. The monoisotopic (exact) mass is 483 g/mol. The first-order chi connectivity index (χ1) is 11.5. The molecule has 6 heteroatoms. The Kier molecular flexibility index (Phi) is 10.3. The predicted octanol–water partition coefficient (Wildman–Crippen LogP) is 4.07. The summed E-state index contributed by atoms with van der Waals surface area (Å²) in [5, 5.41) is 7.49. The van der Waals surface area contributed by atoms with Crippen LogP contribution in [0.2, 0.25) is 0 Å². The molecule has 25 heavy (non-hydrogen) atoms. The van der Waals surface area contributed by atoms with E-state index in [1.807, 2.05) is 14.0 Å². The number of nitrogens with zero attached hydrogens (tertiary/aromatic N) is 1. The highest BCUT2D eigenvalue weighted by Gasteiger charge is 2.32. The van der Waals surface area contributed by atoms with Gasteiger partial charge in [0, 0.05) is 41.4 Å². The molecule has 148 valence electrons. The van der Waals surface area contributed by atoms with Crippen molar-refractivity contribution in [2.45, 2.75) is 83.4 Å². The highest BCUT2D eigenvalue weighted by molar-refractivity contribution is 14.0. The van der Waals surface area contributed by atoms with Gasteiger partial charge in [-0.25, -0.2) is 0 Å². The van der Waals surface area contributed by atoms with Gasteiger partial charge in [0.1, 0.15) is 0 Å². The van der Waals surface area contributed by atoms with Crippen LogP contribution < -0.4 is 10.6 Å². The molecule has 2 N–H and O–H groups in total. The number of aliphatic imine (C=N–C) groups is 1. The maximum Gasteiger partial charge on any atom is 0.191 e. The van der Waals surface area contributed by atoms with E-state index < -0.39 is 10.8 Å². The van der Waals surface area contributed by atoms with Gasteiger partial charge < -0.3 is 10.6 Å². The Morgan fingerprint density at radius 2 is 1.84 bits per heavy atom. The third kappa shape index (κ3) is 7.00. The molecule has 2 aliphatic rings. The summed E-state index contributed by atoms with van der Waals surface area (Å²) in [5.41, 5.74) is 0.312. The topological polar surface area (TPSA) is 53.5 Å². The zero-order valence-electron chi connectivity index (χ0n) is 16.5. The molecule has 0 amide bonds. The molecule has 3 unspecified atom stereocenters. The van der Waals surface area contributed by atoms with Gasteiger partial charge in [0.25, 0.3) is 0 Å². The lowest BCUT2D eigenvalue weighted by molar-refractivity contribution is 0.217. The van der Waals surface area contributed by atoms with Crippen molar-refractivity contribution in [2.75, 3.05) is 19.3 Å². The molecule has 0 heterocycles. The minimum Gasteiger partial charge on any atom is -0.356 e. The molecule has 0 radical (unpaired) electrons. The van der Waals surface area contributed by atoms with Crippen LogP contribution in [0.15, 0.2) is 4.99 Å². The lowest BCUT2D eigenvalue weighted by Crippen LogP contribution is -2.49. The van der Waals surface area contributed by atoms with Crippen molar-refractivity contribution in [2.24, 2.45) is 16.3 Å². The van der Waals surface area contributed by atoms with E-state index in [1.54, 1.807) is 0 Å².